The third-order valence-electron chi connectivity index (χ3n) is 4.57. The third kappa shape index (κ3) is 4.31. The van der Waals surface area contributed by atoms with Crippen molar-refractivity contribution in [1.82, 2.24) is 15.6 Å². The maximum Gasteiger partial charge on any atom is 0.321 e. The molecule has 150 valence electrons. The number of fused-ring (bicyclic) bond motifs is 1. The predicted molar refractivity (Wildman–Crippen MR) is 120 cm³/mol. The van der Waals surface area contributed by atoms with E-state index in [-0.39, 0.29) is 0 Å². The Labute approximate surface area is 178 Å². The molecule has 3 N–H and O–H groups in total. The average Bonchev–Trinajstić information content (AvgIpc) is 3.22. The van der Waals surface area contributed by atoms with E-state index in [1.165, 1.54) is 7.05 Å². The van der Waals surface area contributed by atoms with Crippen molar-refractivity contribution < 1.29 is 9.59 Å². The number of anilines is 1. The van der Waals surface area contributed by atoms with Gasteiger partial charge in [-0.1, -0.05) is 54.6 Å². The topological polar surface area (TPSA) is 83.1 Å². The molecule has 1 atom stereocenters. The first kappa shape index (κ1) is 19.6. The summed E-state index contributed by atoms with van der Waals surface area (Å²) in [6.07, 6.45) is 0. The second kappa shape index (κ2) is 8.75. The van der Waals surface area contributed by atoms with E-state index in [0.717, 1.165) is 32.0 Å². The predicted octanol–water partition coefficient (Wildman–Crippen LogP) is 4.57. The highest BCUT2D eigenvalue weighted by Crippen LogP contribution is 2.32. The zero-order valence-corrected chi connectivity index (χ0v) is 17.1. The van der Waals surface area contributed by atoms with E-state index >= 15 is 0 Å². The lowest BCUT2D eigenvalue weighted by molar-refractivity contribution is -0.120. The molecule has 7 heteroatoms. The summed E-state index contributed by atoms with van der Waals surface area (Å²) < 4.78 is 1.12. The molecule has 30 heavy (non-hydrogen) atoms. The maximum atomic E-state index is 12.7. The number of aromatic nitrogens is 1. The van der Waals surface area contributed by atoms with Gasteiger partial charge < -0.3 is 10.6 Å². The number of urea groups is 1. The highest BCUT2D eigenvalue weighted by atomic mass is 32.1. The Balaban J connectivity index is 1.63. The van der Waals surface area contributed by atoms with Crippen LogP contribution in [0.1, 0.15) is 11.6 Å². The summed E-state index contributed by atoms with van der Waals surface area (Å²) in [6, 6.07) is 23.8. The van der Waals surface area contributed by atoms with Gasteiger partial charge in [-0.05, 0) is 29.8 Å². The van der Waals surface area contributed by atoms with Crippen LogP contribution in [0.2, 0.25) is 0 Å². The van der Waals surface area contributed by atoms with Gasteiger partial charge in [0.15, 0.2) is 0 Å². The Morgan fingerprint density at radius 3 is 2.47 bits per heavy atom. The fourth-order valence-corrected chi connectivity index (χ4v) is 4.06. The number of carbonyl (C=O) groups is 2. The van der Waals surface area contributed by atoms with Crippen molar-refractivity contribution in [3.05, 3.63) is 84.4 Å². The van der Waals surface area contributed by atoms with Crippen molar-refractivity contribution in [2.75, 3.05) is 12.4 Å². The van der Waals surface area contributed by atoms with Gasteiger partial charge in [0.05, 0.1) is 10.2 Å². The molecule has 0 aliphatic carbocycles. The van der Waals surface area contributed by atoms with Gasteiger partial charge in [-0.3, -0.25) is 10.1 Å². The number of rotatable bonds is 5. The number of carbonyl (C=O) groups excluding carboxylic acids is 2. The molecule has 0 saturated carbocycles. The number of benzene rings is 3. The van der Waals surface area contributed by atoms with Gasteiger partial charge in [0, 0.05) is 18.3 Å². The van der Waals surface area contributed by atoms with Crippen LogP contribution in [0.15, 0.2) is 78.9 Å². The Morgan fingerprint density at radius 1 is 0.933 bits per heavy atom. The SMILES string of the molecule is CNC(=O)NC(=O)[C@H](Nc1cccc(-c2nc3ccccc3s2)c1)c1ccccc1. The molecule has 0 fully saturated rings. The first-order valence-electron chi connectivity index (χ1n) is 9.44. The molecule has 0 aliphatic heterocycles. The summed E-state index contributed by atoms with van der Waals surface area (Å²) in [5.74, 6) is -0.439. The van der Waals surface area contributed by atoms with Crippen LogP contribution >= 0.6 is 11.3 Å². The van der Waals surface area contributed by atoms with E-state index in [9.17, 15) is 9.59 Å². The Morgan fingerprint density at radius 2 is 1.70 bits per heavy atom. The Hall–Kier alpha value is -3.71. The first-order valence-corrected chi connectivity index (χ1v) is 10.3. The molecule has 0 unspecified atom stereocenters. The summed E-state index contributed by atoms with van der Waals surface area (Å²) in [7, 11) is 1.47. The van der Waals surface area contributed by atoms with Gasteiger partial charge in [-0.15, -0.1) is 11.3 Å². The molecule has 0 radical (unpaired) electrons. The minimum Gasteiger partial charge on any atom is -0.370 e. The van der Waals surface area contributed by atoms with Crippen LogP contribution in [0.4, 0.5) is 10.5 Å². The summed E-state index contributed by atoms with van der Waals surface area (Å²) in [6.45, 7) is 0. The Bertz CT molecular complexity index is 1160. The van der Waals surface area contributed by atoms with E-state index in [2.05, 4.69) is 16.0 Å². The number of para-hydroxylation sites is 1. The summed E-state index contributed by atoms with van der Waals surface area (Å²) >= 11 is 1.62. The van der Waals surface area contributed by atoms with Crippen molar-refractivity contribution >= 4 is 39.2 Å². The number of nitrogens with one attached hydrogen (secondary N) is 3. The van der Waals surface area contributed by atoms with E-state index in [0.29, 0.717) is 0 Å². The van der Waals surface area contributed by atoms with Crippen molar-refractivity contribution in [3.8, 4) is 10.6 Å². The van der Waals surface area contributed by atoms with Crippen LogP contribution in [0.3, 0.4) is 0 Å². The van der Waals surface area contributed by atoms with Crippen molar-refractivity contribution in [2.24, 2.45) is 0 Å². The summed E-state index contributed by atoms with van der Waals surface area (Å²) in [5.41, 5.74) is 3.43. The zero-order valence-electron chi connectivity index (χ0n) is 16.3. The van der Waals surface area contributed by atoms with Crippen LogP contribution in [0.25, 0.3) is 20.8 Å². The highest BCUT2D eigenvalue weighted by molar-refractivity contribution is 7.21. The molecule has 1 aromatic heterocycles. The van der Waals surface area contributed by atoms with E-state index in [1.54, 1.807) is 11.3 Å². The minimum absolute atomic E-state index is 0.439. The van der Waals surface area contributed by atoms with Crippen LogP contribution in [0.5, 0.6) is 0 Å². The van der Waals surface area contributed by atoms with Crippen molar-refractivity contribution in [2.45, 2.75) is 6.04 Å². The number of thiazole rings is 1. The van der Waals surface area contributed by atoms with Crippen LogP contribution in [-0.2, 0) is 4.79 Å². The van der Waals surface area contributed by atoms with Gasteiger partial charge in [-0.2, -0.15) is 0 Å². The maximum absolute atomic E-state index is 12.7. The average molecular weight is 417 g/mol. The number of amides is 3. The second-order valence-corrected chi connectivity index (χ2v) is 7.65. The molecule has 4 aromatic rings. The van der Waals surface area contributed by atoms with Crippen LogP contribution in [-0.4, -0.2) is 24.0 Å². The fraction of sp³-hybridized carbons (Fsp3) is 0.0870. The molecular formula is C23H20N4O2S. The van der Waals surface area contributed by atoms with Crippen molar-refractivity contribution in [1.29, 1.82) is 0 Å². The number of hydrogen-bond acceptors (Lipinski definition) is 5. The van der Waals surface area contributed by atoms with Crippen molar-refractivity contribution in [3.63, 3.8) is 0 Å². The van der Waals surface area contributed by atoms with Crippen LogP contribution in [0, 0.1) is 0 Å². The normalized spacial score (nSPS) is 11.6. The molecule has 0 bridgehead atoms. The molecule has 0 aliphatic rings. The zero-order chi connectivity index (χ0) is 20.9. The molecular weight excluding hydrogens is 396 g/mol. The molecule has 1 heterocycles. The fourth-order valence-electron chi connectivity index (χ4n) is 3.10. The standard InChI is InChI=1S/C23H20N4O2S/c1-24-23(29)27-21(28)20(15-8-3-2-4-9-15)25-17-11-7-10-16(14-17)22-26-18-12-5-6-13-19(18)30-22/h2-14,20,25H,1H3,(H2,24,27,28,29)/t20-/m1/s1. The lowest BCUT2D eigenvalue weighted by atomic mass is 10.1. The first-order chi connectivity index (χ1) is 14.6. The quantitative estimate of drug-likeness (QED) is 0.445. The Kier molecular flexibility index (Phi) is 5.72. The number of imide groups is 1. The van der Waals surface area contributed by atoms with Gasteiger partial charge in [0.2, 0.25) is 0 Å². The lowest BCUT2D eigenvalue weighted by Crippen LogP contribution is -2.42. The van der Waals surface area contributed by atoms with Gasteiger partial charge in [0.25, 0.3) is 5.91 Å². The van der Waals surface area contributed by atoms with Gasteiger partial charge in [-0.25, -0.2) is 9.78 Å². The molecule has 3 amide bonds. The smallest absolute Gasteiger partial charge is 0.321 e. The summed E-state index contributed by atoms with van der Waals surface area (Å²) in [4.78, 5) is 29.1. The van der Waals surface area contributed by atoms with Crippen LogP contribution < -0.4 is 16.0 Å². The summed E-state index contributed by atoms with van der Waals surface area (Å²) in [5, 5.41) is 8.92. The largest absolute Gasteiger partial charge is 0.370 e. The molecule has 0 saturated heterocycles. The van der Waals surface area contributed by atoms with E-state index in [1.807, 2.05) is 78.9 Å². The highest BCUT2D eigenvalue weighted by Gasteiger charge is 2.22. The lowest BCUT2D eigenvalue weighted by Gasteiger charge is -2.20. The number of nitrogens with zero attached hydrogens (tertiary/aromatic N) is 1. The van der Waals surface area contributed by atoms with Gasteiger partial charge >= 0.3 is 6.03 Å². The second-order valence-electron chi connectivity index (χ2n) is 6.62. The third-order valence-corrected chi connectivity index (χ3v) is 5.66. The van der Waals surface area contributed by atoms with Gasteiger partial charge in [0.1, 0.15) is 11.0 Å². The van der Waals surface area contributed by atoms with E-state index < -0.39 is 18.0 Å². The molecule has 6 nitrogen and oxygen atoms in total. The molecule has 4 rings (SSSR count). The monoisotopic (exact) mass is 416 g/mol. The van der Waals surface area contributed by atoms with E-state index in [4.69, 9.17) is 4.98 Å². The molecule has 0 spiro atoms. The number of hydrogen-bond donors (Lipinski definition) is 3. The minimum atomic E-state index is -0.728. The molecule has 3 aromatic carbocycles.